The number of ether oxygens (including phenoxy) is 3. The second-order valence-electron chi connectivity index (χ2n) is 9.41. The summed E-state index contributed by atoms with van der Waals surface area (Å²) < 4.78 is 18.3. The van der Waals surface area contributed by atoms with E-state index in [1.54, 1.807) is 32.1 Å². The molecular formula is C26H28N4O4. The SMILES string of the molecule is COc1cc(OC)cc(-c2nc3n(n2)C(c2ccccc2OC)C2=C(CC(C)(C)CC2=O)N3)c1. The van der Waals surface area contributed by atoms with E-state index in [2.05, 4.69) is 19.2 Å². The van der Waals surface area contributed by atoms with E-state index in [0.29, 0.717) is 35.4 Å². The fraction of sp³-hybridized carbons (Fsp3) is 0.346. The molecule has 1 N–H and O–H groups in total. The Kier molecular flexibility index (Phi) is 5.31. The van der Waals surface area contributed by atoms with Crippen molar-refractivity contribution in [3.8, 4) is 28.6 Å². The van der Waals surface area contributed by atoms with Crippen molar-refractivity contribution in [1.82, 2.24) is 14.8 Å². The lowest BCUT2D eigenvalue weighted by Gasteiger charge is -2.38. The number of nitrogens with zero attached hydrogens (tertiary/aromatic N) is 3. The summed E-state index contributed by atoms with van der Waals surface area (Å²) in [5, 5.41) is 8.27. The molecule has 1 aliphatic heterocycles. The molecule has 8 heteroatoms. The maximum atomic E-state index is 13.4. The Morgan fingerprint density at radius 3 is 2.38 bits per heavy atom. The average Bonchev–Trinajstić information content (AvgIpc) is 3.25. The van der Waals surface area contributed by atoms with Gasteiger partial charge in [-0.05, 0) is 30.0 Å². The summed E-state index contributed by atoms with van der Waals surface area (Å²) in [6.45, 7) is 4.23. The van der Waals surface area contributed by atoms with Crippen molar-refractivity contribution in [2.75, 3.05) is 26.6 Å². The van der Waals surface area contributed by atoms with Crippen molar-refractivity contribution in [2.24, 2.45) is 5.41 Å². The van der Waals surface area contributed by atoms with Crippen molar-refractivity contribution in [3.05, 3.63) is 59.3 Å². The Labute approximate surface area is 198 Å². The summed E-state index contributed by atoms with van der Waals surface area (Å²) in [6, 6.07) is 12.8. The van der Waals surface area contributed by atoms with Crippen LogP contribution in [0.15, 0.2) is 53.7 Å². The molecule has 5 rings (SSSR count). The molecule has 1 unspecified atom stereocenters. The van der Waals surface area contributed by atoms with Crippen LogP contribution in [0, 0.1) is 5.41 Å². The van der Waals surface area contributed by atoms with Gasteiger partial charge >= 0.3 is 0 Å². The van der Waals surface area contributed by atoms with Crippen molar-refractivity contribution in [3.63, 3.8) is 0 Å². The minimum atomic E-state index is -0.445. The van der Waals surface area contributed by atoms with Crippen LogP contribution in [-0.2, 0) is 4.79 Å². The number of hydrogen-bond acceptors (Lipinski definition) is 7. The fourth-order valence-corrected chi connectivity index (χ4v) is 4.85. The molecule has 1 atom stereocenters. The topological polar surface area (TPSA) is 87.5 Å². The van der Waals surface area contributed by atoms with Crippen molar-refractivity contribution in [1.29, 1.82) is 0 Å². The molecule has 0 amide bonds. The summed E-state index contributed by atoms with van der Waals surface area (Å²) in [7, 11) is 4.85. The Morgan fingerprint density at radius 2 is 1.71 bits per heavy atom. The second-order valence-corrected chi connectivity index (χ2v) is 9.41. The fourth-order valence-electron chi connectivity index (χ4n) is 4.85. The van der Waals surface area contributed by atoms with Gasteiger partial charge in [0.2, 0.25) is 5.95 Å². The van der Waals surface area contributed by atoms with E-state index < -0.39 is 6.04 Å². The Bertz CT molecular complexity index is 1290. The summed E-state index contributed by atoms with van der Waals surface area (Å²) in [4.78, 5) is 18.3. The monoisotopic (exact) mass is 460 g/mol. The Balaban J connectivity index is 1.70. The van der Waals surface area contributed by atoms with E-state index in [1.807, 2.05) is 36.4 Å². The summed E-state index contributed by atoms with van der Waals surface area (Å²) in [5.74, 6) is 3.19. The van der Waals surface area contributed by atoms with Gasteiger partial charge in [0, 0.05) is 34.9 Å². The van der Waals surface area contributed by atoms with Crippen LogP contribution < -0.4 is 19.5 Å². The van der Waals surface area contributed by atoms with Crippen LogP contribution in [0.3, 0.4) is 0 Å². The number of ketones is 1. The predicted molar refractivity (Wildman–Crippen MR) is 128 cm³/mol. The first-order valence-electron chi connectivity index (χ1n) is 11.2. The van der Waals surface area contributed by atoms with Crippen LogP contribution in [0.25, 0.3) is 11.4 Å². The zero-order valence-corrected chi connectivity index (χ0v) is 20.0. The van der Waals surface area contributed by atoms with E-state index >= 15 is 0 Å². The molecule has 2 heterocycles. The number of hydrogen-bond donors (Lipinski definition) is 1. The first-order chi connectivity index (χ1) is 16.3. The predicted octanol–water partition coefficient (Wildman–Crippen LogP) is 4.63. The highest BCUT2D eigenvalue weighted by Crippen LogP contribution is 2.47. The Morgan fingerprint density at radius 1 is 1.00 bits per heavy atom. The maximum Gasteiger partial charge on any atom is 0.226 e. The van der Waals surface area contributed by atoms with Gasteiger partial charge in [-0.3, -0.25) is 4.79 Å². The number of aromatic nitrogens is 3. The highest BCUT2D eigenvalue weighted by Gasteiger charge is 2.42. The van der Waals surface area contributed by atoms with Crippen molar-refractivity contribution < 1.29 is 19.0 Å². The molecule has 0 fully saturated rings. The van der Waals surface area contributed by atoms with Gasteiger partial charge < -0.3 is 19.5 Å². The van der Waals surface area contributed by atoms with E-state index in [9.17, 15) is 4.79 Å². The molecule has 2 aliphatic rings. The number of carbonyl (C=O) groups is 1. The minimum absolute atomic E-state index is 0.111. The Hall–Kier alpha value is -3.81. The third-order valence-corrected chi connectivity index (χ3v) is 6.38. The van der Waals surface area contributed by atoms with E-state index in [1.165, 1.54) is 0 Å². The van der Waals surface area contributed by atoms with Crippen molar-refractivity contribution >= 4 is 11.7 Å². The number of carbonyl (C=O) groups excluding carboxylic acids is 1. The molecule has 0 bridgehead atoms. The number of methoxy groups -OCH3 is 3. The third kappa shape index (κ3) is 3.69. The van der Waals surface area contributed by atoms with Gasteiger partial charge in [-0.25, -0.2) is 4.68 Å². The van der Waals surface area contributed by atoms with E-state index in [-0.39, 0.29) is 11.2 Å². The number of fused-ring (bicyclic) bond motifs is 1. The molecule has 1 aliphatic carbocycles. The van der Waals surface area contributed by atoms with Crippen LogP contribution in [-0.4, -0.2) is 41.9 Å². The van der Waals surface area contributed by atoms with Gasteiger partial charge in [-0.1, -0.05) is 32.0 Å². The highest BCUT2D eigenvalue weighted by molar-refractivity contribution is 6.00. The van der Waals surface area contributed by atoms with Gasteiger partial charge in [-0.15, -0.1) is 5.10 Å². The van der Waals surface area contributed by atoms with Gasteiger partial charge in [0.15, 0.2) is 11.6 Å². The maximum absolute atomic E-state index is 13.4. The largest absolute Gasteiger partial charge is 0.497 e. The summed E-state index contributed by atoms with van der Waals surface area (Å²) in [5.41, 5.74) is 3.10. The third-order valence-electron chi connectivity index (χ3n) is 6.38. The number of Topliss-reactive ketones (excluding diaryl/α,β-unsaturated/α-hetero) is 1. The van der Waals surface area contributed by atoms with E-state index in [0.717, 1.165) is 28.8 Å². The average molecular weight is 461 g/mol. The molecule has 176 valence electrons. The zero-order chi connectivity index (χ0) is 24.0. The van der Waals surface area contributed by atoms with Crippen LogP contribution in [0.5, 0.6) is 17.2 Å². The smallest absolute Gasteiger partial charge is 0.226 e. The molecule has 1 aromatic heterocycles. The molecule has 34 heavy (non-hydrogen) atoms. The zero-order valence-electron chi connectivity index (χ0n) is 20.0. The number of allylic oxidation sites excluding steroid dienone is 2. The lowest BCUT2D eigenvalue weighted by molar-refractivity contribution is -0.118. The van der Waals surface area contributed by atoms with E-state index in [4.69, 9.17) is 24.3 Å². The molecule has 0 saturated heterocycles. The number of nitrogens with one attached hydrogen (secondary N) is 1. The lowest BCUT2D eigenvalue weighted by Crippen LogP contribution is -2.36. The van der Waals surface area contributed by atoms with Crippen LogP contribution >= 0.6 is 0 Å². The molecule has 3 aromatic rings. The lowest BCUT2D eigenvalue weighted by atomic mass is 9.73. The first-order valence-corrected chi connectivity index (χ1v) is 11.2. The van der Waals surface area contributed by atoms with Crippen molar-refractivity contribution in [2.45, 2.75) is 32.7 Å². The molecule has 2 aromatic carbocycles. The number of para-hydroxylation sites is 1. The van der Waals surface area contributed by atoms with Gasteiger partial charge in [0.25, 0.3) is 0 Å². The van der Waals surface area contributed by atoms with Crippen LogP contribution in [0.4, 0.5) is 5.95 Å². The molecular weight excluding hydrogens is 432 g/mol. The van der Waals surface area contributed by atoms with Gasteiger partial charge in [0.1, 0.15) is 23.3 Å². The molecule has 0 spiro atoms. The van der Waals surface area contributed by atoms with Gasteiger partial charge in [0.05, 0.1) is 21.3 Å². The molecule has 8 nitrogen and oxygen atoms in total. The highest BCUT2D eigenvalue weighted by atomic mass is 16.5. The summed E-state index contributed by atoms with van der Waals surface area (Å²) in [6.07, 6.45) is 1.22. The minimum Gasteiger partial charge on any atom is -0.497 e. The quantitative estimate of drug-likeness (QED) is 0.594. The number of rotatable bonds is 5. The molecule has 0 radical (unpaired) electrons. The standard InChI is InChI=1S/C26H28N4O4/c1-26(2)13-19-22(20(31)14-26)23(18-8-6-7-9-21(18)34-5)30-25(27-19)28-24(29-30)15-10-16(32-3)12-17(11-15)33-4/h6-12,23H,13-14H2,1-5H3,(H,27,28,29). The molecule has 0 saturated carbocycles. The first kappa shape index (κ1) is 22.0. The van der Waals surface area contributed by atoms with Crippen LogP contribution in [0.1, 0.15) is 38.3 Å². The number of anilines is 1. The number of benzene rings is 2. The normalized spacial score (nSPS) is 18.6. The second kappa shape index (κ2) is 8.20. The van der Waals surface area contributed by atoms with Gasteiger partial charge in [-0.2, -0.15) is 4.98 Å². The summed E-state index contributed by atoms with van der Waals surface area (Å²) >= 11 is 0. The van der Waals surface area contributed by atoms with Crippen LogP contribution in [0.2, 0.25) is 0 Å².